The van der Waals surface area contributed by atoms with E-state index in [1.54, 1.807) is 0 Å². The van der Waals surface area contributed by atoms with Crippen LogP contribution in [0.2, 0.25) is 0 Å². The van der Waals surface area contributed by atoms with Gasteiger partial charge in [-0.2, -0.15) is 18.3 Å². The molecule has 2 rings (SSSR count). The van der Waals surface area contributed by atoms with Gasteiger partial charge in [0.15, 0.2) is 0 Å². The third-order valence-electron chi connectivity index (χ3n) is 2.82. The second kappa shape index (κ2) is 4.91. The summed E-state index contributed by atoms with van der Waals surface area (Å²) < 4.78 is 37.3. The van der Waals surface area contributed by atoms with E-state index in [9.17, 15) is 18.0 Å². The summed E-state index contributed by atoms with van der Waals surface area (Å²) >= 11 is 0. The minimum atomic E-state index is -4.35. The molecule has 1 aromatic carbocycles. The first-order chi connectivity index (χ1) is 8.88. The number of alkyl halides is 3. The van der Waals surface area contributed by atoms with Crippen LogP contribution in [0.25, 0.3) is 0 Å². The quantitative estimate of drug-likeness (QED) is 0.838. The number of amides is 2. The Morgan fingerprint density at radius 2 is 1.89 bits per heavy atom. The molecular formula is C12H12F3N3O. The molecule has 0 saturated carbocycles. The lowest BCUT2D eigenvalue weighted by Crippen LogP contribution is -2.36. The van der Waals surface area contributed by atoms with Gasteiger partial charge in [0.05, 0.1) is 11.3 Å². The summed E-state index contributed by atoms with van der Waals surface area (Å²) in [5.74, 6) is 0. The number of nitrogens with two attached hydrogens (primary N) is 1. The molecule has 7 heteroatoms. The minimum Gasteiger partial charge on any atom is -0.350 e. The summed E-state index contributed by atoms with van der Waals surface area (Å²) in [4.78, 5) is 11.0. The van der Waals surface area contributed by atoms with Crippen LogP contribution in [0.15, 0.2) is 29.4 Å². The maximum atomic E-state index is 12.4. The van der Waals surface area contributed by atoms with Gasteiger partial charge in [0, 0.05) is 6.54 Å². The molecule has 2 N–H and O–H groups in total. The van der Waals surface area contributed by atoms with Crippen molar-refractivity contribution in [2.75, 3.05) is 6.54 Å². The lowest BCUT2D eigenvalue weighted by molar-refractivity contribution is -0.137. The Balaban J connectivity index is 2.25. The number of primary amides is 1. The first kappa shape index (κ1) is 13.4. The SMILES string of the molecule is NC(=O)N1CCCC(c2ccc(C(F)(F)F)cc2)=N1. The van der Waals surface area contributed by atoms with E-state index in [-0.39, 0.29) is 0 Å². The van der Waals surface area contributed by atoms with Gasteiger partial charge < -0.3 is 5.73 Å². The van der Waals surface area contributed by atoms with Crippen LogP contribution in [0.4, 0.5) is 18.0 Å². The van der Waals surface area contributed by atoms with Crippen LogP contribution in [0.5, 0.6) is 0 Å². The van der Waals surface area contributed by atoms with Crippen molar-refractivity contribution in [3.63, 3.8) is 0 Å². The number of rotatable bonds is 1. The monoisotopic (exact) mass is 271 g/mol. The molecule has 102 valence electrons. The average molecular weight is 271 g/mol. The number of carbonyl (C=O) groups is 1. The van der Waals surface area contributed by atoms with E-state index in [2.05, 4.69) is 5.10 Å². The molecule has 1 aliphatic heterocycles. The van der Waals surface area contributed by atoms with Crippen molar-refractivity contribution in [3.05, 3.63) is 35.4 Å². The number of hydrogen-bond acceptors (Lipinski definition) is 2. The van der Waals surface area contributed by atoms with Crippen LogP contribution in [0.1, 0.15) is 24.0 Å². The van der Waals surface area contributed by atoms with E-state index in [0.29, 0.717) is 30.7 Å². The van der Waals surface area contributed by atoms with Gasteiger partial charge in [-0.3, -0.25) is 0 Å². The van der Waals surface area contributed by atoms with Gasteiger partial charge in [-0.25, -0.2) is 9.80 Å². The normalized spacial score (nSPS) is 16.2. The third kappa shape index (κ3) is 3.04. The van der Waals surface area contributed by atoms with Gasteiger partial charge in [0.1, 0.15) is 0 Å². The zero-order valence-electron chi connectivity index (χ0n) is 9.94. The summed E-state index contributed by atoms with van der Waals surface area (Å²) in [6.45, 7) is 0.430. The largest absolute Gasteiger partial charge is 0.416 e. The van der Waals surface area contributed by atoms with E-state index in [1.165, 1.54) is 12.1 Å². The maximum Gasteiger partial charge on any atom is 0.416 e. The van der Waals surface area contributed by atoms with Crippen LogP contribution in [0, 0.1) is 0 Å². The van der Waals surface area contributed by atoms with Gasteiger partial charge in [-0.05, 0) is 30.5 Å². The van der Waals surface area contributed by atoms with Crippen LogP contribution < -0.4 is 5.73 Å². The van der Waals surface area contributed by atoms with Crippen molar-refractivity contribution in [3.8, 4) is 0 Å². The van der Waals surface area contributed by atoms with Gasteiger partial charge in [-0.15, -0.1) is 0 Å². The van der Waals surface area contributed by atoms with E-state index >= 15 is 0 Å². The number of hydrazone groups is 1. The molecule has 0 radical (unpaired) electrons. The Labute approximate surface area is 107 Å². The maximum absolute atomic E-state index is 12.4. The third-order valence-corrected chi connectivity index (χ3v) is 2.82. The standard InChI is InChI=1S/C12H12F3N3O/c13-12(14,15)9-5-3-8(4-6-9)10-2-1-7-18(17-10)11(16)19/h3-6H,1-2,7H2,(H2,16,19). The second-order valence-corrected chi connectivity index (χ2v) is 4.19. The minimum absolute atomic E-state index is 0.430. The molecule has 0 aliphatic carbocycles. The van der Waals surface area contributed by atoms with Gasteiger partial charge >= 0.3 is 12.2 Å². The smallest absolute Gasteiger partial charge is 0.350 e. The van der Waals surface area contributed by atoms with E-state index < -0.39 is 17.8 Å². The fourth-order valence-corrected chi connectivity index (χ4v) is 1.86. The molecule has 1 aromatic rings. The molecule has 0 fully saturated rings. The van der Waals surface area contributed by atoms with E-state index in [4.69, 9.17) is 5.73 Å². The predicted octanol–water partition coefficient (Wildman–Crippen LogP) is 2.58. The zero-order chi connectivity index (χ0) is 14.0. The molecule has 4 nitrogen and oxygen atoms in total. The molecule has 0 spiro atoms. The molecule has 0 saturated heterocycles. The summed E-state index contributed by atoms with van der Waals surface area (Å²) in [5, 5.41) is 5.16. The Bertz CT molecular complexity index is 508. The van der Waals surface area contributed by atoms with Crippen molar-refractivity contribution in [1.82, 2.24) is 5.01 Å². The highest BCUT2D eigenvalue weighted by molar-refractivity contribution is 6.01. The van der Waals surface area contributed by atoms with Crippen LogP contribution in [-0.4, -0.2) is 23.3 Å². The van der Waals surface area contributed by atoms with Crippen molar-refractivity contribution in [2.24, 2.45) is 10.8 Å². The topological polar surface area (TPSA) is 58.7 Å². The number of nitrogens with zero attached hydrogens (tertiary/aromatic N) is 2. The molecular weight excluding hydrogens is 259 g/mol. The summed E-state index contributed by atoms with van der Waals surface area (Å²) in [6, 6.07) is 4.05. The zero-order valence-corrected chi connectivity index (χ0v) is 9.94. The predicted molar refractivity (Wildman–Crippen MR) is 63.5 cm³/mol. The Hall–Kier alpha value is -2.05. The number of halogens is 3. The van der Waals surface area contributed by atoms with Crippen LogP contribution in [0.3, 0.4) is 0 Å². The highest BCUT2D eigenvalue weighted by atomic mass is 19.4. The van der Waals surface area contributed by atoms with Crippen molar-refractivity contribution >= 4 is 11.7 Å². The molecule has 2 amide bonds. The molecule has 0 bridgehead atoms. The van der Waals surface area contributed by atoms with Crippen LogP contribution in [-0.2, 0) is 6.18 Å². The fourth-order valence-electron chi connectivity index (χ4n) is 1.86. The molecule has 1 aliphatic rings. The number of hydrogen-bond donors (Lipinski definition) is 1. The van der Waals surface area contributed by atoms with Crippen molar-refractivity contribution in [2.45, 2.75) is 19.0 Å². The van der Waals surface area contributed by atoms with Gasteiger partial charge in [0.25, 0.3) is 0 Å². The summed E-state index contributed by atoms with van der Waals surface area (Å²) in [7, 11) is 0. The Morgan fingerprint density at radius 3 is 2.42 bits per heavy atom. The summed E-state index contributed by atoms with van der Waals surface area (Å²) in [6.07, 6.45) is -3.07. The molecule has 0 unspecified atom stereocenters. The first-order valence-electron chi connectivity index (χ1n) is 5.70. The summed E-state index contributed by atoms with van der Waals surface area (Å²) in [5.41, 5.74) is 5.55. The number of benzene rings is 1. The van der Waals surface area contributed by atoms with E-state index in [0.717, 1.165) is 17.1 Å². The lowest BCUT2D eigenvalue weighted by Gasteiger charge is -2.22. The second-order valence-electron chi connectivity index (χ2n) is 4.19. The Kier molecular flexibility index (Phi) is 3.46. The molecule has 0 atom stereocenters. The molecule has 19 heavy (non-hydrogen) atoms. The van der Waals surface area contributed by atoms with Gasteiger partial charge in [0.2, 0.25) is 0 Å². The number of carbonyl (C=O) groups excluding carboxylic acids is 1. The first-order valence-corrected chi connectivity index (χ1v) is 5.70. The lowest BCUT2D eigenvalue weighted by atomic mass is 10.0. The molecule has 1 heterocycles. The van der Waals surface area contributed by atoms with Crippen molar-refractivity contribution < 1.29 is 18.0 Å². The number of urea groups is 1. The van der Waals surface area contributed by atoms with Gasteiger partial charge in [-0.1, -0.05) is 12.1 Å². The fraction of sp³-hybridized carbons (Fsp3) is 0.333. The highest BCUT2D eigenvalue weighted by Gasteiger charge is 2.30. The van der Waals surface area contributed by atoms with E-state index in [1.807, 2.05) is 0 Å². The average Bonchev–Trinajstić information content (AvgIpc) is 2.38. The Morgan fingerprint density at radius 1 is 1.26 bits per heavy atom. The highest BCUT2D eigenvalue weighted by Crippen LogP contribution is 2.29. The van der Waals surface area contributed by atoms with Crippen LogP contribution >= 0.6 is 0 Å². The molecule has 0 aromatic heterocycles. The van der Waals surface area contributed by atoms with Crippen molar-refractivity contribution in [1.29, 1.82) is 0 Å².